The highest BCUT2D eigenvalue weighted by Crippen LogP contribution is 2.97. The zero-order valence-corrected chi connectivity index (χ0v) is 5.08. The molecule has 6 fully saturated rings. The molecule has 0 N–H and O–H groups in total. The van der Waals surface area contributed by atoms with Crippen LogP contribution < -0.4 is 0 Å². The van der Waals surface area contributed by atoms with Gasteiger partial charge in [-0.2, -0.15) is 0 Å². The summed E-state index contributed by atoms with van der Waals surface area (Å²) in [6.07, 6.45) is 0. The van der Waals surface area contributed by atoms with Crippen molar-refractivity contribution in [2.24, 2.45) is 35.5 Å². The van der Waals surface area contributed by atoms with Crippen LogP contribution in [0.5, 0.6) is 0 Å². The van der Waals surface area contributed by atoms with Crippen LogP contribution in [-0.2, 0) is 4.74 Å². The van der Waals surface area contributed by atoms with E-state index in [1.165, 1.54) is 23.7 Å². The van der Waals surface area contributed by atoms with Crippen molar-refractivity contribution in [1.29, 1.82) is 0 Å². The summed E-state index contributed by atoms with van der Waals surface area (Å²) in [5.74, 6) is 6.98. The summed E-state index contributed by atoms with van der Waals surface area (Å²) in [5.41, 5.74) is 0.546. The molecule has 0 atom stereocenters. The van der Waals surface area contributed by atoms with Gasteiger partial charge in [0.2, 0.25) is 0 Å². The van der Waals surface area contributed by atoms with Crippen LogP contribution in [0.4, 0.5) is 0 Å². The standard InChI is InChI=1S/C8H8O/c1-8(9-1)6-2-3(6)5-4(2)7(5)8/h2-7H,1H2. The molecule has 0 aromatic carbocycles. The second kappa shape index (κ2) is 0.572. The Morgan fingerprint density at radius 2 is 1.44 bits per heavy atom. The van der Waals surface area contributed by atoms with Crippen molar-refractivity contribution in [3.05, 3.63) is 0 Å². The van der Waals surface area contributed by atoms with Crippen LogP contribution in [0.3, 0.4) is 0 Å². The van der Waals surface area contributed by atoms with E-state index in [0.29, 0.717) is 5.60 Å². The molecule has 9 heavy (non-hydrogen) atoms. The summed E-state index contributed by atoms with van der Waals surface area (Å²) in [6.45, 7) is 1.14. The quantitative estimate of drug-likeness (QED) is 0.424. The fraction of sp³-hybridized carbons (Fsp3) is 1.00. The van der Waals surface area contributed by atoms with Crippen molar-refractivity contribution >= 4 is 0 Å². The minimum atomic E-state index is 0.546. The van der Waals surface area contributed by atoms with E-state index in [2.05, 4.69) is 0 Å². The largest absolute Gasteiger partial charge is 0.369 e. The first-order valence-electron chi connectivity index (χ1n) is 4.09. The van der Waals surface area contributed by atoms with Crippen molar-refractivity contribution in [3.8, 4) is 0 Å². The van der Waals surface area contributed by atoms with Crippen LogP contribution in [0.1, 0.15) is 0 Å². The highest BCUT2D eigenvalue weighted by molar-refractivity contribution is 5.46. The monoisotopic (exact) mass is 120 g/mol. The SMILES string of the molecule is C1OC12C1C3C1C1C3C12. The highest BCUT2D eigenvalue weighted by Gasteiger charge is 2.99. The third-order valence-electron chi connectivity index (χ3n) is 4.76. The van der Waals surface area contributed by atoms with Crippen LogP contribution in [0.25, 0.3) is 0 Å². The molecule has 1 heterocycles. The number of rotatable bonds is 0. The van der Waals surface area contributed by atoms with Crippen LogP contribution in [0.15, 0.2) is 0 Å². The van der Waals surface area contributed by atoms with Gasteiger partial charge in [0.05, 0.1) is 12.2 Å². The average Bonchev–Trinajstić information content (AvgIpc) is 2.36. The fourth-order valence-corrected chi connectivity index (χ4v) is 4.55. The van der Waals surface area contributed by atoms with Gasteiger partial charge in [0.1, 0.15) is 0 Å². The summed E-state index contributed by atoms with van der Waals surface area (Å²) in [6, 6.07) is 0. The summed E-state index contributed by atoms with van der Waals surface area (Å²) in [4.78, 5) is 0. The first-order chi connectivity index (χ1) is 4.45. The minimum absolute atomic E-state index is 0.546. The molecule has 1 aliphatic heterocycles. The number of ether oxygens (including phenoxy) is 1. The summed E-state index contributed by atoms with van der Waals surface area (Å²) >= 11 is 0. The maximum Gasteiger partial charge on any atom is 0.0983 e. The van der Waals surface area contributed by atoms with E-state index >= 15 is 0 Å². The molecule has 0 amide bonds. The maximum absolute atomic E-state index is 5.59. The van der Waals surface area contributed by atoms with Gasteiger partial charge in [-0.1, -0.05) is 0 Å². The fourth-order valence-electron chi connectivity index (χ4n) is 4.55. The predicted octanol–water partition coefficient (Wildman–Crippen LogP) is 0.507. The number of hydrogen-bond donors (Lipinski definition) is 0. The van der Waals surface area contributed by atoms with Crippen molar-refractivity contribution < 1.29 is 4.74 Å². The smallest absolute Gasteiger partial charge is 0.0983 e. The van der Waals surface area contributed by atoms with Crippen LogP contribution in [-0.4, -0.2) is 12.2 Å². The van der Waals surface area contributed by atoms with Crippen LogP contribution >= 0.6 is 0 Å². The molecule has 0 radical (unpaired) electrons. The van der Waals surface area contributed by atoms with Crippen LogP contribution in [0, 0.1) is 35.5 Å². The second-order valence-electron chi connectivity index (χ2n) is 4.60. The van der Waals surface area contributed by atoms with Gasteiger partial charge in [0.15, 0.2) is 0 Å². The molecule has 1 heteroatoms. The first kappa shape index (κ1) is 3.38. The average molecular weight is 120 g/mol. The first-order valence-corrected chi connectivity index (χ1v) is 4.09. The van der Waals surface area contributed by atoms with Gasteiger partial charge in [0, 0.05) is 0 Å². The van der Waals surface area contributed by atoms with Gasteiger partial charge in [-0.3, -0.25) is 0 Å². The van der Waals surface area contributed by atoms with E-state index in [9.17, 15) is 0 Å². The number of hydrogen-bond acceptors (Lipinski definition) is 1. The van der Waals surface area contributed by atoms with Crippen LogP contribution in [0.2, 0.25) is 0 Å². The summed E-state index contributed by atoms with van der Waals surface area (Å²) < 4.78 is 5.59. The minimum Gasteiger partial charge on any atom is -0.369 e. The van der Waals surface area contributed by atoms with Gasteiger partial charge >= 0.3 is 0 Å². The Morgan fingerprint density at radius 1 is 1.00 bits per heavy atom. The van der Waals surface area contributed by atoms with Gasteiger partial charge < -0.3 is 4.74 Å². The third-order valence-corrected chi connectivity index (χ3v) is 4.76. The summed E-state index contributed by atoms with van der Waals surface area (Å²) in [5, 5.41) is 0. The van der Waals surface area contributed by atoms with Crippen molar-refractivity contribution in [2.75, 3.05) is 6.61 Å². The highest BCUT2D eigenvalue weighted by atomic mass is 16.6. The van der Waals surface area contributed by atoms with E-state index in [1.54, 1.807) is 0 Å². The van der Waals surface area contributed by atoms with Crippen molar-refractivity contribution in [3.63, 3.8) is 0 Å². The lowest BCUT2D eigenvalue weighted by Crippen LogP contribution is -2.11. The Balaban J connectivity index is 1.96. The molecule has 5 aliphatic carbocycles. The van der Waals surface area contributed by atoms with Gasteiger partial charge in [-0.25, -0.2) is 0 Å². The van der Waals surface area contributed by atoms with E-state index in [1.807, 2.05) is 0 Å². The molecule has 1 nitrogen and oxygen atoms in total. The summed E-state index contributed by atoms with van der Waals surface area (Å²) in [7, 11) is 0. The Labute approximate surface area is 53.4 Å². The maximum atomic E-state index is 5.59. The molecule has 5 saturated carbocycles. The van der Waals surface area contributed by atoms with Gasteiger partial charge in [-0.15, -0.1) is 0 Å². The van der Waals surface area contributed by atoms with E-state index in [4.69, 9.17) is 4.74 Å². The lowest BCUT2D eigenvalue weighted by atomic mass is 10.0. The Morgan fingerprint density at radius 3 is 1.67 bits per heavy atom. The molecule has 0 aromatic heterocycles. The molecular formula is C8H8O. The lowest BCUT2D eigenvalue weighted by Gasteiger charge is -2.03. The topological polar surface area (TPSA) is 12.5 Å². The van der Waals surface area contributed by atoms with Gasteiger partial charge in [-0.05, 0) is 35.5 Å². The molecule has 6 aliphatic rings. The van der Waals surface area contributed by atoms with E-state index in [0.717, 1.165) is 18.4 Å². The molecule has 6 rings (SSSR count). The third kappa shape index (κ3) is 0.140. The predicted molar refractivity (Wildman–Crippen MR) is 29.6 cm³/mol. The molecule has 0 aromatic rings. The van der Waals surface area contributed by atoms with E-state index < -0.39 is 0 Å². The Kier molecular flexibility index (Phi) is 0.215. The van der Waals surface area contributed by atoms with Crippen molar-refractivity contribution in [1.82, 2.24) is 0 Å². The molecule has 1 spiro atoms. The van der Waals surface area contributed by atoms with Crippen molar-refractivity contribution in [2.45, 2.75) is 5.60 Å². The lowest BCUT2D eigenvalue weighted by molar-refractivity contribution is 0.272. The molecule has 0 unspecified atom stereocenters. The normalized spacial score (nSPS) is 98.7. The molecule has 2 bridgehead atoms. The molecule has 46 valence electrons. The number of epoxide rings is 1. The van der Waals surface area contributed by atoms with Gasteiger partial charge in [0.25, 0.3) is 0 Å². The van der Waals surface area contributed by atoms with E-state index in [-0.39, 0.29) is 0 Å². The second-order valence-corrected chi connectivity index (χ2v) is 4.60. The molecule has 1 saturated heterocycles. The zero-order chi connectivity index (χ0) is 5.38. The Hall–Kier alpha value is -0.0400. The Bertz CT molecular complexity index is 197. The zero-order valence-electron chi connectivity index (χ0n) is 5.08. The molecular weight excluding hydrogens is 112 g/mol.